The van der Waals surface area contributed by atoms with E-state index in [-0.39, 0.29) is 35.9 Å². The van der Waals surface area contributed by atoms with Crippen LogP contribution in [-0.4, -0.2) is 46.4 Å². The molecule has 0 radical (unpaired) electrons. The summed E-state index contributed by atoms with van der Waals surface area (Å²) in [7, 11) is -1.54. The van der Waals surface area contributed by atoms with Crippen molar-refractivity contribution in [2.45, 2.75) is 43.1 Å². The summed E-state index contributed by atoms with van der Waals surface area (Å²) in [4.78, 5) is 11.9. The van der Waals surface area contributed by atoms with Crippen molar-refractivity contribution in [3.63, 3.8) is 0 Å². The summed E-state index contributed by atoms with van der Waals surface area (Å²) < 4.78 is 30.1. The third kappa shape index (κ3) is 7.61. The fourth-order valence-corrected chi connectivity index (χ4v) is 5.03. The quantitative estimate of drug-likeness (QED) is 0.618. The van der Waals surface area contributed by atoms with Gasteiger partial charge in [-0.05, 0) is 30.5 Å². The summed E-state index contributed by atoms with van der Waals surface area (Å²) >= 11 is 0. The van der Waals surface area contributed by atoms with Gasteiger partial charge in [0.1, 0.15) is 0 Å². The van der Waals surface area contributed by atoms with Crippen LogP contribution < -0.4 is 10.6 Å². The molecule has 1 aliphatic rings. The minimum Gasteiger partial charge on any atom is -0.383 e. The molecule has 0 bridgehead atoms. The van der Waals surface area contributed by atoms with Crippen LogP contribution in [0.4, 0.5) is 5.69 Å². The number of rotatable bonds is 9. The molecule has 26 heavy (non-hydrogen) atoms. The highest BCUT2D eigenvalue weighted by Gasteiger charge is 2.27. The molecule has 0 saturated heterocycles. The zero-order valence-corrected chi connectivity index (χ0v) is 16.8. The Morgan fingerprint density at radius 2 is 1.96 bits per heavy atom. The van der Waals surface area contributed by atoms with Crippen LogP contribution in [0.1, 0.15) is 37.7 Å². The molecule has 148 valence electrons. The first-order valence-electron chi connectivity index (χ1n) is 8.81. The molecule has 2 N–H and O–H groups in total. The van der Waals surface area contributed by atoms with E-state index in [2.05, 4.69) is 10.6 Å². The first kappa shape index (κ1) is 22.9. The molecular weight excluding hydrogens is 376 g/mol. The molecule has 0 aromatic heterocycles. The second-order valence-electron chi connectivity index (χ2n) is 6.49. The van der Waals surface area contributed by atoms with Crippen LogP contribution in [0, 0.1) is 0 Å². The summed E-state index contributed by atoms with van der Waals surface area (Å²) in [6, 6.07) is 7.09. The zero-order valence-electron chi connectivity index (χ0n) is 15.2. The van der Waals surface area contributed by atoms with E-state index in [1.807, 2.05) is 0 Å². The molecule has 0 unspecified atom stereocenters. The second kappa shape index (κ2) is 11.5. The molecule has 1 amide bonds. The maximum Gasteiger partial charge on any atom is 0.238 e. The maximum atomic E-state index is 12.6. The number of ether oxygens (including phenoxy) is 1. The van der Waals surface area contributed by atoms with Crippen LogP contribution in [0.25, 0.3) is 0 Å². The SMILES string of the molecule is COCCNCC(=O)Nc1cccc(CS(=O)(=O)C2CCCCC2)c1.Cl. The van der Waals surface area contributed by atoms with Gasteiger partial charge in [0.15, 0.2) is 9.84 Å². The van der Waals surface area contributed by atoms with Crippen molar-refractivity contribution in [2.24, 2.45) is 0 Å². The highest BCUT2D eigenvalue weighted by molar-refractivity contribution is 7.91. The molecule has 1 saturated carbocycles. The summed E-state index contributed by atoms with van der Waals surface area (Å²) in [6.07, 6.45) is 4.66. The lowest BCUT2D eigenvalue weighted by Gasteiger charge is -2.21. The number of hydrogen-bond donors (Lipinski definition) is 2. The number of carbonyl (C=O) groups is 1. The molecule has 8 heteroatoms. The lowest BCUT2D eigenvalue weighted by molar-refractivity contribution is -0.115. The second-order valence-corrected chi connectivity index (χ2v) is 8.77. The van der Waals surface area contributed by atoms with Crippen molar-refractivity contribution >= 4 is 33.8 Å². The minimum atomic E-state index is -3.14. The third-order valence-electron chi connectivity index (χ3n) is 4.41. The molecule has 0 spiro atoms. The molecule has 1 aliphatic carbocycles. The standard InChI is InChI=1S/C18H28N2O4S.ClH/c1-24-11-10-19-13-18(21)20-16-7-5-6-15(12-16)14-25(22,23)17-8-3-2-4-9-17;/h5-7,12,17,19H,2-4,8-11,13-14H2,1H3,(H,20,21);1H. The van der Waals surface area contributed by atoms with Crippen molar-refractivity contribution in [3.05, 3.63) is 29.8 Å². The highest BCUT2D eigenvalue weighted by Crippen LogP contribution is 2.26. The smallest absolute Gasteiger partial charge is 0.238 e. The first-order valence-corrected chi connectivity index (χ1v) is 10.5. The molecule has 2 rings (SSSR count). The van der Waals surface area contributed by atoms with E-state index in [9.17, 15) is 13.2 Å². The number of carbonyl (C=O) groups excluding carboxylic acids is 1. The first-order chi connectivity index (χ1) is 12.0. The van der Waals surface area contributed by atoms with Crippen LogP contribution >= 0.6 is 12.4 Å². The van der Waals surface area contributed by atoms with Gasteiger partial charge in [-0.25, -0.2) is 8.42 Å². The lowest BCUT2D eigenvalue weighted by atomic mass is 10.0. The van der Waals surface area contributed by atoms with E-state index in [1.54, 1.807) is 31.4 Å². The predicted octanol–water partition coefficient (Wildman–Crippen LogP) is 2.53. The van der Waals surface area contributed by atoms with Gasteiger partial charge in [0.2, 0.25) is 5.91 Å². The Morgan fingerprint density at radius 3 is 2.65 bits per heavy atom. The Labute approximate surface area is 162 Å². The summed E-state index contributed by atoms with van der Waals surface area (Å²) in [5, 5.41) is 5.54. The van der Waals surface area contributed by atoms with Gasteiger partial charge < -0.3 is 15.4 Å². The number of benzene rings is 1. The summed E-state index contributed by atoms with van der Waals surface area (Å²) in [6.45, 7) is 1.33. The van der Waals surface area contributed by atoms with Gasteiger partial charge in [-0.1, -0.05) is 31.4 Å². The largest absolute Gasteiger partial charge is 0.383 e. The topological polar surface area (TPSA) is 84.5 Å². The van der Waals surface area contributed by atoms with E-state index in [1.165, 1.54) is 0 Å². The number of amides is 1. The molecular formula is C18H29ClN2O4S. The monoisotopic (exact) mass is 404 g/mol. The Balaban J connectivity index is 0.00000338. The summed E-state index contributed by atoms with van der Waals surface area (Å²) in [5.74, 6) is -0.128. The van der Waals surface area contributed by atoms with Crippen LogP contribution in [0.3, 0.4) is 0 Å². The van der Waals surface area contributed by atoms with Gasteiger partial charge >= 0.3 is 0 Å². The van der Waals surface area contributed by atoms with Crippen molar-refractivity contribution in [3.8, 4) is 0 Å². The van der Waals surface area contributed by atoms with Gasteiger partial charge in [-0.2, -0.15) is 0 Å². The molecule has 0 heterocycles. The Hall–Kier alpha value is -1.15. The third-order valence-corrected chi connectivity index (χ3v) is 6.63. The Kier molecular flexibility index (Phi) is 10.2. The number of methoxy groups -OCH3 is 1. The Bertz CT molecular complexity index is 661. The lowest BCUT2D eigenvalue weighted by Crippen LogP contribution is -2.30. The number of hydrogen-bond acceptors (Lipinski definition) is 5. The molecule has 0 aliphatic heterocycles. The minimum absolute atomic E-state index is 0. The van der Waals surface area contributed by atoms with Crippen molar-refractivity contribution in [1.29, 1.82) is 0 Å². The molecule has 1 fully saturated rings. The van der Waals surface area contributed by atoms with Crippen molar-refractivity contribution < 1.29 is 17.9 Å². The molecule has 0 atom stereocenters. The highest BCUT2D eigenvalue weighted by atomic mass is 35.5. The average molecular weight is 405 g/mol. The average Bonchev–Trinajstić information content (AvgIpc) is 2.59. The van der Waals surface area contributed by atoms with E-state index in [0.29, 0.717) is 18.8 Å². The van der Waals surface area contributed by atoms with Gasteiger partial charge in [0, 0.05) is 19.3 Å². The van der Waals surface area contributed by atoms with Gasteiger partial charge in [-0.15, -0.1) is 12.4 Å². The zero-order chi connectivity index (χ0) is 18.1. The van der Waals surface area contributed by atoms with Crippen LogP contribution in [-0.2, 0) is 25.1 Å². The van der Waals surface area contributed by atoms with Gasteiger partial charge in [0.05, 0.1) is 24.2 Å². The molecule has 6 nitrogen and oxygen atoms in total. The predicted molar refractivity (Wildman–Crippen MR) is 107 cm³/mol. The van der Waals surface area contributed by atoms with Crippen LogP contribution in [0.15, 0.2) is 24.3 Å². The number of halogens is 1. The van der Waals surface area contributed by atoms with Gasteiger partial charge in [0.25, 0.3) is 0 Å². The normalized spacial score (nSPS) is 15.3. The van der Waals surface area contributed by atoms with Crippen molar-refractivity contribution in [1.82, 2.24) is 5.32 Å². The number of nitrogens with one attached hydrogen (secondary N) is 2. The van der Waals surface area contributed by atoms with E-state index < -0.39 is 9.84 Å². The number of sulfone groups is 1. The number of anilines is 1. The van der Waals surface area contributed by atoms with Crippen molar-refractivity contribution in [2.75, 3.05) is 32.1 Å². The van der Waals surface area contributed by atoms with Crippen LogP contribution in [0.5, 0.6) is 0 Å². The van der Waals surface area contributed by atoms with E-state index >= 15 is 0 Å². The maximum absolute atomic E-state index is 12.6. The fourth-order valence-electron chi connectivity index (χ4n) is 3.09. The van der Waals surface area contributed by atoms with Gasteiger partial charge in [-0.3, -0.25) is 4.79 Å². The van der Waals surface area contributed by atoms with E-state index in [4.69, 9.17) is 4.74 Å². The summed E-state index contributed by atoms with van der Waals surface area (Å²) in [5.41, 5.74) is 1.34. The molecule has 1 aromatic carbocycles. The fraction of sp³-hybridized carbons (Fsp3) is 0.611. The van der Waals surface area contributed by atoms with Crippen LogP contribution in [0.2, 0.25) is 0 Å². The molecule has 1 aromatic rings. The van der Waals surface area contributed by atoms with E-state index in [0.717, 1.165) is 37.7 Å². The Morgan fingerprint density at radius 1 is 1.23 bits per heavy atom.